The van der Waals surface area contributed by atoms with Gasteiger partial charge in [-0.1, -0.05) is 18.2 Å². The number of carbonyl (C=O) groups excluding carboxylic acids is 2. The lowest BCUT2D eigenvalue weighted by atomic mass is 10.1. The largest absolute Gasteiger partial charge is 0.422 e. The average molecular weight is 267 g/mol. The standard InChI is InChI=1S/C16H13NO3/c1-12(18)13-7-9-14(10-8-13)17-11-16(19)20-15-5-3-2-4-6-15/h2-11H,1H3. The molecule has 20 heavy (non-hydrogen) atoms. The number of carbonyl (C=O) groups is 2. The summed E-state index contributed by atoms with van der Waals surface area (Å²) < 4.78 is 5.06. The topological polar surface area (TPSA) is 55.7 Å². The molecule has 100 valence electrons. The quantitative estimate of drug-likeness (QED) is 0.370. The predicted octanol–water partition coefficient (Wildman–Crippen LogP) is 3.20. The first-order valence-electron chi connectivity index (χ1n) is 6.07. The minimum atomic E-state index is -0.549. The van der Waals surface area contributed by atoms with Crippen LogP contribution in [-0.4, -0.2) is 18.0 Å². The highest BCUT2D eigenvalue weighted by molar-refractivity contribution is 6.24. The summed E-state index contributed by atoms with van der Waals surface area (Å²) in [5, 5.41) is 0. The summed E-state index contributed by atoms with van der Waals surface area (Å²) >= 11 is 0. The van der Waals surface area contributed by atoms with E-state index in [2.05, 4.69) is 4.99 Å². The SMILES string of the molecule is CC(=O)c1ccc(N=CC(=O)Oc2ccccc2)cc1. The first-order chi connectivity index (χ1) is 9.65. The van der Waals surface area contributed by atoms with E-state index < -0.39 is 5.97 Å². The summed E-state index contributed by atoms with van der Waals surface area (Å²) in [6.45, 7) is 1.50. The fraction of sp³-hybridized carbons (Fsp3) is 0.0625. The Morgan fingerprint density at radius 3 is 2.25 bits per heavy atom. The van der Waals surface area contributed by atoms with Gasteiger partial charge in [-0.05, 0) is 43.3 Å². The maximum Gasteiger partial charge on any atom is 0.354 e. The normalized spacial score (nSPS) is 10.4. The van der Waals surface area contributed by atoms with Crippen molar-refractivity contribution in [3.8, 4) is 5.75 Å². The number of para-hydroxylation sites is 1. The number of hydrogen-bond donors (Lipinski definition) is 0. The molecule has 2 aromatic carbocycles. The number of aliphatic imine (C=N–C) groups is 1. The van der Waals surface area contributed by atoms with Crippen LogP contribution in [0.3, 0.4) is 0 Å². The van der Waals surface area contributed by atoms with Gasteiger partial charge in [-0.15, -0.1) is 0 Å². The molecule has 0 aliphatic heterocycles. The van der Waals surface area contributed by atoms with E-state index in [4.69, 9.17) is 4.74 Å². The molecule has 0 atom stereocenters. The monoisotopic (exact) mass is 267 g/mol. The molecule has 0 spiro atoms. The van der Waals surface area contributed by atoms with Gasteiger partial charge in [0.1, 0.15) is 12.0 Å². The highest BCUT2D eigenvalue weighted by atomic mass is 16.5. The van der Waals surface area contributed by atoms with E-state index in [1.165, 1.54) is 6.92 Å². The maximum absolute atomic E-state index is 11.5. The van der Waals surface area contributed by atoms with E-state index in [0.29, 0.717) is 17.0 Å². The van der Waals surface area contributed by atoms with Crippen molar-refractivity contribution in [3.63, 3.8) is 0 Å². The molecule has 0 aliphatic carbocycles. The molecule has 0 aliphatic rings. The number of nitrogens with zero attached hydrogens (tertiary/aromatic N) is 1. The number of esters is 1. The van der Waals surface area contributed by atoms with Crippen LogP contribution in [0.15, 0.2) is 59.6 Å². The Hall–Kier alpha value is -2.75. The van der Waals surface area contributed by atoms with Crippen LogP contribution in [0.1, 0.15) is 17.3 Å². The lowest BCUT2D eigenvalue weighted by Crippen LogP contribution is -2.08. The van der Waals surface area contributed by atoms with Crippen molar-refractivity contribution in [1.29, 1.82) is 0 Å². The van der Waals surface area contributed by atoms with E-state index in [1.54, 1.807) is 48.5 Å². The van der Waals surface area contributed by atoms with Crippen LogP contribution in [0.5, 0.6) is 5.75 Å². The van der Waals surface area contributed by atoms with Gasteiger partial charge < -0.3 is 4.74 Å². The van der Waals surface area contributed by atoms with E-state index in [1.807, 2.05) is 6.07 Å². The molecule has 4 heteroatoms. The first kappa shape index (κ1) is 13.7. The van der Waals surface area contributed by atoms with Crippen molar-refractivity contribution in [1.82, 2.24) is 0 Å². The molecule has 0 N–H and O–H groups in total. The van der Waals surface area contributed by atoms with E-state index in [9.17, 15) is 9.59 Å². The van der Waals surface area contributed by atoms with E-state index >= 15 is 0 Å². The molecule has 0 bridgehead atoms. The highest BCUT2D eigenvalue weighted by Gasteiger charge is 2.01. The second kappa shape index (κ2) is 6.43. The second-order valence-corrected chi connectivity index (χ2v) is 4.10. The Kier molecular flexibility index (Phi) is 4.39. The number of ether oxygens (including phenoxy) is 1. The Balaban J connectivity index is 1.98. The number of benzene rings is 2. The van der Waals surface area contributed by atoms with Gasteiger partial charge in [-0.2, -0.15) is 0 Å². The Bertz CT molecular complexity index is 631. The molecular weight excluding hydrogens is 254 g/mol. The molecule has 0 unspecified atom stereocenters. The van der Waals surface area contributed by atoms with Crippen molar-refractivity contribution >= 4 is 23.7 Å². The van der Waals surface area contributed by atoms with Crippen LogP contribution in [-0.2, 0) is 4.79 Å². The van der Waals surface area contributed by atoms with Gasteiger partial charge in [0.15, 0.2) is 5.78 Å². The lowest BCUT2D eigenvalue weighted by molar-refractivity contribution is -0.126. The highest BCUT2D eigenvalue weighted by Crippen LogP contribution is 2.13. The minimum Gasteiger partial charge on any atom is -0.422 e. The van der Waals surface area contributed by atoms with E-state index in [0.717, 1.165) is 6.21 Å². The van der Waals surface area contributed by atoms with Gasteiger partial charge in [0.25, 0.3) is 0 Å². The summed E-state index contributed by atoms with van der Waals surface area (Å²) in [5.74, 6) is -0.0910. The third kappa shape index (κ3) is 3.88. The number of ketones is 1. The first-order valence-corrected chi connectivity index (χ1v) is 6.07. The molecule has 2 rings (SSSR count). The molecule has 2 aromatic rings. The smallest absolute Gasteiger partial charge is 0.354 e. The van der Waals surface area contributed by atoms with Crippen molar-refractivity contribution in [3.05, 3.63) is 60.2 Å². The Morgan fingerprint density at radius 2 is 1.65 bits per heavy atom. The maximum atomic E-state index is 11.5. The van der Waals surface area contributed by atoms with Crippen molar-refractivity contribution in [2.75, 3.05) is 0 Å². The summed E-state index contributed by atoms with van der Waals surface area (Å²) in [6, 6.07) is 15.4. The number of rotatable bonds is 4. The van der Waals surface area contributed by atoms with Crippen LogP contribution >= 0.6 is 0 Å². The zero-order chi connectivity index (χ0) is 14.4. The fourth-order valence-corrected chi connectivity index (χ4v) is 1.54. The molecule has 0 fully saturated rings. The third-order valence-electron chi connectivity index (χ3n) is 2.55. The van der Waals surface area contributed by atoms with E-state index in [-0.39, 0.29) is 5.78 Å². The second-order valence-electron chi connectivity index (χ2n) is 4.10. The van der Waals surface area contributed by atoms with Gasteiger partial charge in [0.2, 0.25) is 0 Å². The summed E-state index contributed by atoms with van der Waals surface area (Å²) in [6.07, 6.45) is 1.11. The zero-order valence-corrected chi connectivity index (χ0v) is 10.9. The fourth-order valence-electron chi connectivity index (χ4n) is 1.54. The molecule has 0 radical (unpaired) electrons. The molecular formula is C16H13NO3. The van der Waals surface area contributed by atoms with Crippen molar-refractivity contribution in [2.24, 2.45) is 4.99 Å². The molecule has 0 aromatic heterocycles. The van der Waals surface area contributed by atoms with Gasteiger partial charge in [-0.3, -0.25) is 4.79 Å². The van der Waals surface area contributed by atoms with Crippen LogP contribution in [0.4, 0.5) is 5.69 Å². The summed E-state index contributed by atoms with van der Waals surface area (Å²) in [4.78, 5) is 26.6. The number of Topliss-reactive ketones (excluding diaryl/α,β-unsaturated/α-hetero) is 1. The summed E-state index contributed by atoms with van der Waals surface area (Å²) in [5.41, 5.74) is 1.19. The lowest BCUT2D eigenvalue weighted by Gasteiger charge is -1.99. The zero-order valence-electron chi connectivity index (χ0n) is 10.9. The average Bonchev–Trinajstić information content (AvgIpc) is 2.46. The molecule has 0 amide bonds. The predicted molar refractivity (Wildman–Crippen MR) is 76.7 cm³/mol. The van der Waals surface area contributed by atoms with Gasteiger partial charge in [0, 0.05) is 5.56 Å². The molecule has 0 heterocycles. The van der Waals surface area contributed by atoms with Crippen molar-refractivity contribution in [2.45, 2.75) is 6.92 Å². The van der Waals surface area contributed by atoms with Gasteiger partial charge in [0.05, 0.1) is 5.69 Å². The van der Waals surface area contributed by atoms with Gasteiger partial charge in [-0.25, -0.2) is 9.79 Å². The van der Waals surface area contributed by atoms with Crippen molar-refractivity contribution < 1.29 is 14.3 Å². The Labute approximate surface area is 116 Å². The van der Waals surface area contributed by atoms with Crippen LogP contribution in [0.2, 0.25) is 0 Å². The molecule has 4 nitrogen and oxygen atoms in total. The molecule has 0 saturated heterocycles. The minimum absolute atomic E-state index is 0.0102. The van der Waals surface area contributed by atoms with Crippen LogP contribution < -0.4 is 4.74 Å². The summed E-state index contributed by atoms with van der Waals surface area (Å²) in [7, 11) is 0. The van der Waals surface area contributed by atoms with Gasteiger partial charge >= 0.3 is 5.97 Å². The van der Waals surface area contributed by atoms with Crippen LogP contribution in [0, 0.1) is 0 Å². The number of hydrogen-bond acceptors (Lipinski definition) is 4. The molecule has 0 saturated carbocycles. The Morgan fingerprint density at radius 1 is 1.00 bits per heavy atom. The van der Waals surface area contributed by atoms with Crippen LogP contribution in [0.25, 0.3) is 0 Å². The third-order valence-corrected chi connectivity index (χ3v) is 2.55.